The number of benzene rings is 2. The van der Waals surface area contributed by atoms with Crippen molar-refractivity contribution in [2.75, 3.05) is 15.8 Å². The summed E-state index contributed by atoms with van der Waals surface area (Å²) in [6.07, 6.45) is 5.52. The number of amides is 1. The third kappa shape index (κ3) is 5.12. The maximum Gasteiger partial charge on any atom is 0.261 e. The molecule has 0 radical (unpaired) electrons. The third-order valence-electron chi connectivity index (χ3n) is 4.80. The molecule has 4 aromatic rings. The molecule has 0 saturated heterocycles. The summed E-state index contributed by atoms with van der Waals surface area (Å²) < 4.78 is 43.0. The molecular formula is C23H22FN5O3S. The zero-order chi connectivity index (χ0) is 23.4. The highest BCUT2D eigenvalue weighted by Crippen LogP contribution is 2.22. The van der Waals surface area contributed by atoms with Gasteiger partial charge < -0.3 is 9.88 Å². The van der Waals surface area contributed by atoms with Crippen LogP contribution in [0.15, 0.2) is 79.3 Å². The quantitative estimate of drug-likeness (QED) is 0.406. The predicted molar refractivity (Wildman–Crippen MR) is 125 cm³/mol. The van der Waals surface area contributed by atoms with Crippen LogP contribution in [0, 0.1) is 5.82 Å². The second kappa shape index (κ2) is 9.29. The van der Waals surface area contributed by atoms with E-state index in [9.17, 15) is 17.6 Å². The second-order valence-corrected chi connectivity index (χ2v) is 9.15. The molecule has 8 nitrogen and oxygen atoms in total. The topological polar surface area (TPSA) is 98.0 Å². The van der Waals surface area contributed by atoms with E-state index < -0.39 is 15.9 Å². The lowest BCUT2D eigenvalue weighted by Crippen LogP contribution is -2.17. The van der Waals surface area contributed by atoms with E-state index in [1.165, 1.54) is 18.3 Å². The molecule has 2 aromatic heterocycles. The molecule has 0 unspecified atom stereocenters. The molecule has 0 aliphatic carbocycles. The van der Waals surface area contributed by atoms with E-state index in [1.54, 1.807) is 65.0 Å². The fraction of sp³-hybridized carbons (Fsp3) is 0.130. The standard InChI is InChI=1S/C23H22FN5O3S/c1-2-15-33(31,32)27-19-9-7-18(8-10-19)26-22(30)21-16-25-29(20-11-5-17(24)6-12-20)23(21)28-13-3-4-14-28/h3-14,16,27H,2,15H2,1H3,(H,26,30). The van der Waals surface area contributed by atoms with Gasteiger partial charge in [-0.1, -0.05) is 6.92 Å². The van der Waals surface area contributed by atoms with Crippen LogP contribution >= 0.6 is 0 Å². The zero-order valence-corrected chi connectivity index (χ0v) is 18.6. The summed E-state index contributed by atoms with van der Waals surface area (Å²) in [5.41, 5.74) is 1.82. The van der Waals surface area contributed by atoms with Crippen LogP contribution in [0.3, 0.4) is 0 Å². The summed E-state index contributed by atoms with van der Waals surface area (Å²) in [4.78, 5) is 13.1. The SMILES string of the molecule is CCCS(=O)(=O)Nc1ccc(NC(=O)c2cnn(-c3ccc(F)cc3)c2-n2cccc2)cc1. The number of hydrogen-bond donors (Lipinski definition) is 2. The number of nitrogens with zero attached hydrogens (tertiary/aromatic N) is 3. The third-order valence-corrected chi connectivity index (χ3v) is 6.29. The largest absolute Gasteiger partial charge is 0.322 e. The van der Waals surface area contributed by atoms with Crippen molar-refractivity contribution in [1.29, 1.82) is 0 Å². The average molecular weight is 468 g/mol. The van der Waals surface area contributed by atoms with E-state index in [1.807, 2.05) is 12.1 Å². The fourth-order valence-electron chi connectivity index (χ4n) is 3.32. The van der Waals surface area contributed by atoms with Crippen LogP contribution < -0.4 is 10.0 Å². The van der Waals surface area contributed by atoms with Crippen molar-refractivity contribution in [1.82, 2.24) is 14.3 Å². The molecule has 0 aliphatic rings. The summed E-state index contributed by atoms with van der Waals surface area (Å²) in [5, 5.41) is 7.15. The smallest absolute Gasteiger partial charge is 0.261 e. The number of halogens is 1. The van der Waals surface area contributed by atoms with Gasteiger partial charge in [-0.15, -0.1) is 0 Å². The van der Waals surface area contributed by atoms with Crippen molar-refractivity contribution in [2.45, 2.75) is 13.3 Å². The van der Waals surface area contributed by atoms with Crippen LogP contribution in [-0.4, -0.2) is 34.4 Å². The van der Waals surface area contributed by atoms with E-state index in [0.717, 1.165) is 0 Å². The molecule has 33 heavy (non-hydrogen) atoms. The lowest BCUT2D eigenvalue weighted by molar-refractivity contribution is 0.102. The normalized spacial score (nSPS) is 11.3. The van der Waals surface area contributed by atoms with Crippen molar-refractivity contribution in [3.63, 3.8) is 0 Å². The molecule has 2 heterocycles. The van der Waals surface area contributed by atoms with Crippen molar-refractivity contribution in [3.05, 3.63) is 90.6 Å². The van der Waals surface area contributed by atoms with Gasteiger partial charge in [-0.05, 0) is 67.1 Å². The number of carbonyl (C=O) groups is 1. The van der Waals surface area contributed by atoms with Crippen LogP contribution in [0.4, 0.5) is 15.8 Å². The van der Waals surface area contributed by atoms with Crippen molar-refractivity contribution in [2.24, 2.45) is 0 Å². The minimum absolute atomic E-state index is 0.0334. The first kappa shape index (κ1) is 22.3. The predicted octanol–water partition coefficient (Wildman–Crippen LogP) is 4.21. The summed E-state index contributed by atoms with van der Waals surface area (Å²) in [5.74, 6) is -0.239. The van der Waals surface area contributed by atoms with E-state index in [2.05, 4.69) is 15.1 Å². The highest BCUT2D eigenvalue weighted by molar-refractivity contribution is 7.92. The first-order valence-electron chi connectivity index (χ1n) is 10.3. The lowest BCUT2D eigenvalue weighted by Gasteiger charge is -2.12. The lowest BCUT2D eigenvalue weighted by atomic mass is 10.2. The molecule has 4 rings (SSSR count). The minimum Gasteiger partial charge on any atom is -0.322 e. The summed E-state index contributed by atoms with van der Waals surface area (Å²) >= 11 is 0. The van der Waals surface area contributed by atoms with E-state index in [0.29, 0.717) is 34.9 Å². The fourth-order valence-corrected chi connectivity index (χ4v) is 4.45. The summed E-state index contributed by atoms with van der Waals surface area (Å²) in [6.45, 7) is 1.79. The number of hydrogen-bond acceptors (Lipinski definition) is 4. The van der Waals surface area contributed by atoms with E-state index >= 15 is 0 Å². The Hall–Kier alpha value is -3.92. The Kier molecular flexibility index (Phi) is 6.27. The van der Waals surface area contributed by atoms with Gasteiger partial charge in [-0.3, -0.25) is 9.52 Å². The van der Waals surface area contributed by atoms with Gasteiger partial charge in [-0.2, -0.15) is 5.10 Å². The first-order valence-corrected chi connectivity index (χ1v) is 11.9. The summed E-state index contributed by atoms with van der Waals surface area (Å²) in [7, 11) is -3.40. The van der Waals surface area contributed by atoms with Gasteiger partial charge in [0.2, 0.25) is 10.0 Å². The summed E-state index contributed by atoms with van der Waals surface area (Å²) in [6, 6.07) is 15.8. The van der Waals surface area contributed by atoms with Crippen LogP contribution in [-0.2, 0) is 10.0 Å². The molecule has 2 aromatic carbocycles. The van der Waals surface area contributed by atoms with Gasteiger partial charge >= 0.3 is 0 Å². The van der Waals surface area contributed by atoms with Crippen LogP contribution in [0.25, 0.3) is 11.5 Å². The van der Waals surface area contributed by atoms with Gasteiger partial charge in [-0.25, -0.2) is 17.5 Å². The van der Waals surface area contributed by atoms with Gasteiger partial charge in [0.15, 0.2) is 5.82 Å². The Balaban J connectivity index is 1.59. The number of anilines is 2. The molecule has 1 amide bonds. The Labute approximate surface area is 190 Å². The highest BCUT2D eigenvalue weighted by Gasteiger charge is 2.20. The highest BCUT2D eigenvalue weighted by atomic mass is 32.2. The van der Waals surface area contributed by atoms with Gasteiger partial charge in [0.25, 0.3) is 5.91 Å². The van der Waals surface area contributed by atoms with E-state index in [-0.39, 0.29) is 11.6 Å². The van der Waals surface area contributed by atoms with Crippen molar-refractivity contribution < 1.29 is 17.6 Å². The molecule has 0 aliphatic heterocycles. The average Bonchev–Trinajstić information content (AvgIpc) is 3.45. The maximum absolute atomic E-state index is 13.4. The van der Waals surface area contributed by atoms with Crippen molar-refractivity contribution in [3.8, 4) is 11.5 Å². The number of sulfonamides is 1. The van der Waals surface area contributed by atoms with Crippen LogP contribution in [0.1, 0.15) is 23.7 Å². The molecule has 10 heteroatoms. The molecule has 170 valence electrons. The molecule has 0 atom stereocenters. The van der Waals surface area contributed by atoms with Crippen LogP contribution in [0.2, 0.25) is 0 Å². The Morgan fingerprint density at radius 3 is 2.27 bits per heavy atom. The second-order valence-electron chi connectivity index (χ2n) is 7.31. The molecule has 0 saturated carbocycles. The molecule has 0 bridgehead atoms. The maximum atomic E-state index is 13.4. The number of rotatable bonds is 8. The Bertz CT molecular complexity index is 1350. The van der Waals surface area contributed by atoms with Crippen molar-refractivity contribution >= 4 is 27.3 Å². The number of nitrogens with one attached hydrogen (secondary N) is 2. The molecular weight excluding hydrogens is 445 g/mol. The van der Waals surface area contributed by atoms with E-state index in [4.69, 9.17) is 0 Å². The first-order chi connectivity index (χ1) is 15.9. The van der Waals surface area contributed by atoms with Crippen LogP contribution in [0.5, 0.6) is 0 Å². The molecule has 0 spiro atoms. The molecule has 2 N–H and O–H groups in total. The number of aromatic nitrogens is 3. The molecule has 0 fully saturated rings. The Morgan fingerprint density at radius 2 is 1.64 bits per heavy atom. The number of carbonyl (C=O) groups excluding carboxylic acids is 1. The minimum atomic E-state index is -3.40. The zero-order valence-electron chi connectivity index (χ0n) is 17.8. The Morgan fingerprint density at radius 1 is 1.00 bits per heavy atom. The monoisotopic (exact) mass is 467 g/mol. The van der Waals surface area contributed by atoms with Gasteiger partial charge in [0.05, 0.1) is 17.6 Å². The van der Waals surface area contributed by atoms with Gasteiger partial charge in [0, 0.05) is 23.8 Å². The van der Waals surface area contributed by atoms with Gasteiger partial charge in [0.1, 0.15) is 11.4 Å².